The Morgan fingerprint density at radius 1 is 1.07 bits per heavy atom. The Morgan fingerprint density at radius 3 is 2.48 bits per heavy atom. The van der Waals surface area contributed by atoms with Gasteiger partial charge in [0.2, 0.25) is 23.0 Å². The number of carbonyl (C=O) groups is 2. The second-order valence-electron chi connectivity index (χ2n) is 10.3. The second kappa shape index (κ2) is 13.4. The topological polar surface area (TPSA) is 144 Å². The summed E-state index contributed by atoms with van der Waals surface area (Å²) >= 11 is 0. The number of ether oxygens (including phenoxy) is 3. The van der Waals surface area contributed by atoms with Crippen molar-refractivity contribution in [1.29, 1.82) is 0 Å². The molecule has 0 spiro atoms. The summed E-state index contributed by atoms with van der Waals surface area (Å²) in [5, 5.41) is 16.2. The van der Waals surface area contributed by atoms with Crippen LogP contribution in [0.5, 0.6) is 17.2 Å². The predicted octanol–water partition coefficient (Wildman–Crippen LogP) is 3.71. The number of hydrogen-bond donors (Lipinski definition) is 4. The minimum absolute atomic E-state index is 0.0734. The fraction of sp³-hybridized carbons (Fsp3) is 0.419. The number of carbonyl (C=O) groups excluding carboxylic acids is 2. The summed E-state index contributed by atoms with van der Waals surface area (Å²) in [5.74, 6) is 1.23. The smallest absolute Gasteiger partial charge is 0.220 e. The quantitative estimate of drug-likeness (QED) is 0.253. The van der Waals surface area contributed by atoms with Crippen molar-refractivity contribution >= 4 is 17.5 Å². The Morgan fingerprint density at radius 2 is 1.83 bits per heavy atom. The standard InChI is InChI=1S/C31H39N5O6/c1-17-23(18(2)36-35-17)16-33-28(39)8-7-13-32-25-12-10-21-22(15-26(25)38)24(34-19(3)37)11-9-20-14-27(40-4)30(41-5)31(42-6)29(20)21/h10,12,14-15,24H,7-9,11,13,16H2,1-6H3,(H,32,38)(H,33,39)(H,34,37)(H,35,36)/t24-/m0/s1. The maximum absolute atomic E-state index is 13.4. The molecule has 0 radical (unpaired) electrons. The molecule has 0 fully saturated rings. The third kappa shape index (κ3) is 6.50. The third-order valence-corrected chi connectivity index (χ3v) is 7.56. The Kier molecular flexibility index (Phi) is 9.72. The van der Waals surface area contributed by atoms with E-state index >= 15 is 0 Å². The monoisotopic (exact) mass is 577 g/mol. The molecule has 0 bridgehead atoms. The summed E-state index contributed by atoms with van der Waals surface area (Å²) in [6.45, 7) is 6.14. The van der Waals surface area contributed by atoms with Crippen molar-refractivity contribution in [2.24, 2.45) is 0 Å². The molecule has 2 aromatic carbocycles. The lowest BCUT2D eigenvalue weighted by Crippen LogP contribution is -2.26. The number of amides is 2. The first-order valence-electron chi connectivity index (χ1n) is 14.0. The number of methoxy groups -OCH3 is 3. The largest absolute Gasteiger partial charge is 0.493 e. The number of benzene rings is 1. The number of aromatic nitrogens is 2. The molecule has 3 aromatic rings. The van der Waals surface area contributed by atoms with Crippen LogP contribution in [0.25, 0.3) is 11.1 Å². The van der Waals surface area contributed by atoms with Gasteiger partial charge >= 0.3 is 0 Å². The van der Waals surface area contributed by atoms with Crippen molar-refractivity contribution in [3.05, 3.63) is 62.6 Å². The first kappa shape index (κ1) is 30.4. The number of anilines is 1. The maximum atomic E-state index is 13.4. The van der Waals surface area contributed by atoms with Gasteiger partial charge in [-0.15, -0.1) is 0 Å². The first-order chi connectivity index (χ1) is 20.2. The van der Waals surface area contributed by atoms with E-state index in [-0.39, 0.29) is 23.3 Å². The number of hydrogen-bond acceptors (Lipinski definition) is 8. The van der Waals surface area contributed by atoms with Gasteiger partial charge in [-0.1, -0.05) is 6.07 Å². The van der Waals surface area contributed by atoms with E-state index in [1.807, 2.05) is 26.0 Å². The SMILES string of the molecule is COc1cc2c(c(OC)c1OC)-c1ccc(NCCCC(=O)NCc3c(C)n[nH]c3C)c(=O)cc1[C@@H](NC(C)=O)CC2. The molecule has 0 aliphatic heterocycles. The summed E-state index contributed by atoms with van der Waals surface area (Å²) in [7, 11) is 4.68. The summed E-state index contributed by atoms with van der Waals surface area (Å²) < 4.78 is 17.0. The zero-order valence-corrected chi connectivity index (χ0v) is 25.0. The highest BCUT2D eigenvalue weighted by atomic mass is 16.5. The van der Waals surface area contributed by atoms with E-state index in [9.17, 15) is 14.4 Å². The van der Waals surface area contributed by atoms with E-state index in [0.29, 0.717) is 67.3 Å². The van der Waals surface area contributed by atoms with E-state index < -0.39 is 0 Å². The zero-order valence-electron chi connectivity index (χ0n) is 25.0. The molecule has 0 saturated carbocycles. The van der Waals surface area contributed by atoms with E-state index in [1.165, 1.54) is 6.92 Å². The Labute approximate surface area is 245 Å². The number of H-pyrrole nitrogens is 1. The van der Waals surface area contributed by atoms with Gasteiger partial charge in [0.15, 0.2) is 11.5 Å². The molecule has 0 saturated heterocycles. The molecule has 4 rings (SSSR count). The van der Waals surface area contributed by atoms with Gasteiger partial charge in [0.1, 0.15) is 0 Å². The molecule has 1 aliphatic rings. The average Bonchev–Trinajstić information content (AvgIpc) is 3.11. The number of aryl methyl sites for hydroxylation is 3. The van der Waals surface area contributed by atoms with Crippen molar-refractivity contribution < 1.29 is 23.8 Å². The Balaban J connectivity index is 1.59. The molecule has 0 unspecified atom stereocenters. The van der Waals surface area contributed by atoms with Crippen LogP contribution in [0.1, 0.15) is 60.3 Å². The number of nitrogens with one attached hydrogen (secondary N) is 4. The number of fused-ring (bicyclic) bond motifs is 3. The zero-order chi connectivity index (χ0) is 30.4. The van der Waals surface area contributed by atoms with Crippen molar-refractivity contribution in [3.63, 3.8) is 0 Å². The molecule has 1 heterocycles. The van der Waals surface area contributed by atoms with Crippen molar-refractivity contribution in [1.82, 2.24) is 20.8 Å². The lowest BCUT2D eigenvalue weighted by Gasteiger charge is -2.19. The highest BCUT2D eigenvalue weighted by molar-refractivity contribution is 5.83. The molecule has 11 heteroatoms. The van der Waals surface area contributed by atoms with Crippen molar-refractivity contribution in [2.45, 2.75) is 59.0 Å². The highest BCUT2D eigenvalue weighted by Crippen LogP contribution is 2.50. The molecule has 1 aromatic heterocycles. The van der Waals surface area contributed by atoms with Gasteiger partial charge < -0.3 is 30.2 Å². The second-order valence-corrected chi connectivity index (χ2v) is 10.3. The Bertz CT molecular complexity index is 1510. The molecular weight excluding hydrogens is 538 g/mol. The van der Waals surface area contributed by atoms with Crippen LogP contribution in [0.4, 0.5) is 5.69 Å². The molecule has 1 aliphatic carbocycles. The number of nitrogens with zero attached hydrogens (tertiary/aromatic N) is 1. The fourth-order valence-electron chi connectivity index (χ4n) is 5.44. The third-order valence-electron chi connectivity index (χ3n) is 7.56. The number of aromatic amines is 1. The van der Waals surface area contributed by atoms with Crippen LogP contribution in [-0.4, -0.2) is 49.9 Å². The van der Waals surface area contributed by atoms with Gasteiger partial charge in [0, 0.05) is 43.3 Å². The van der Waals surface area contributed by atoms with Crippen molar-refractivity contribution in [2.75, 3.05) is 33.2 Å². The van der Waals surface area contributed by atoms with Gasteiger partial charge in [-0.3, -0.25) is 19.5 Å². The van der Waals surface area contributed by atoms with Crippen LogP contribution in [0.15, 0.2) is 29.1 Å². The molecule has 1 atom stereocenters. The lowest BCUT2D eigenvalue weighted by atomic mass is 9.95. The molecule has 4 N–H and O–H groups in total. The number of rotatable bonds is 11. The van der Waals surface area contributed by atoms with E-state index in [2.05, 4.69) is 26.1 Å². The van der Waals surface area contributed by atoms with E-state index in [0.717, 1.165) is 33.6 Å². The van der Waals surface area contributed by atoms with Crippen LogP contribution in [0.2, 0.25) is 0 Å². The van der Waals surface area contributed by atoms with Gasteiger partial charge in [0.25, 0.3) is 0 Å². The van der Waals surface area contributed by atoms with Gasteiger partial charge in [-0.2, -0.15) is 5.10 Å². The van der Waals surface area contributed by atoms with Crippen LogP contribution in [0, 0.1) is 13.8 Å². The first-order valence-corrected chi connectivity index (χ1v) is 14.0. The lowest BCUT2D eigenvalue weighted by molar-refractivity contribution is -0.121. The van der Waals surface area contributed by atoms with Crippen LogP contribution in [-0.2, 0) is 22.6 Å². The van der Waals surface area contributed by atoms with Crippen LogP contribution >= 0.6 is 0 Å². The van der Waals surface area contributed by atoms with Crippen molar-refractivity contribution in [3.8, 4) is 28.4 Å². The maximum Gasteiger partial charge on any atom is 0.220 e. The minimum Gasteiger partial charge on any atom is -0.493 e. The van der Waals surface area contributed by atoms with E-state index in [4.69, 9.17) is 14.2 Å². The fourth-order valence-corrected chi connectivity index (χ4v) is 5.44. The summed E-state index contributed by atoms with van der Waals surface area (Å²) in [6, 6.07) is 6.72. The van der Waals surface area contributed by atoms with Crippen LogP contribution < -0.4 is 35.6 Å². The predicted molar refractivity (Wildman–Crippen MR) is 160 cm³/mol. The Hall–Kier alpha value is -4.54. The molecule has 42 heavy (non-hydrogen) atoms. The van der Waals surface area contributed by atoms with Gasteiger partial charge in [-0.05, 0) is 68.0 Å². The van der Waals surface area contributed by atoms with Gasteiger partial charge in [0.05, 0.1) is 38.8 Å². The minimum atomic E-state index is -0.384. The van der Waals surface area contributed by atoms with E-state index in [1.54, 1.807) is 33.5 Å². The molecular formula is C31H39N5O6. The highest BCUT2D eigenvalue weighted by Gasteiger charge is 2.29. The summed E-state index contributed by atoms with van der Waals surface area (Å²) in [5.41, 5.74) is 6.17. The summed E-state index contributed by atoms with van der Waals surface area (Å²) in [6.07, 6.45) is 2.05. The molecule has 224 valence electrons. The average molecular weight is 578 g/mol. The normalized spacial score (nSPS) is 13.7. The van der Waals surface area contributed by atoms with Crippen LogP contribution in [0.3, 0.4) is 0 Å². The summed E-state index contributed by atoms with van der Waals surface area (Å²) in [4.78, 5) is 37.9. The molecule has 11 nitrogen and oxygen atoms in total. The van der Waals surface area contributed by atoms with Gasteiger partial charge in [-0.25, -0.2) is 0 Å². The molecule has 2 amide bonds.